The van der Waals surface area contributed by atoms with Gasteiger partial charge < -0.3 is 10.2 Å². The standard InChI is InChI=1S/C23H28ClF2N3O/c1-29-11-8-16(9-12-29)19-6-4-17-20(28-19)7-5-18(24)21(17)22(30)27-14-15-3-2-10-23(25,26)13-15/h4-7,15-16H,2-3,8-14H2,1H3,(H,27,30). The second-order valence-electron chi connectivity index (χ2n) is 8.83. The molecule has 0 radical (unpaired) electrons. The van der Waals surface area contributed by atoms with E-state index in [0.29, 0.717) is 34.7 Å². The van der Waals surface area contributed by atoms with E-state index in [1.54, 1.807) is 6.07 Å². The number of piperidine rings is 1. The number of hydrogen-bond acceptors (Lipinski definition) is 3. The number of carbonyl (C=O) groups excluding carboxylic acids is 1. The number of fused-ring (bicyclic) bond motifs is 1. The maximum atomic E-state index is 13.6. The molecule has 1 N–H and O–H groups in total. The van der Waals surface area contributed by atoms with Crippen molar-refractivity contribution >= 4 is 28.4 Å². The van der Waals surface area contributed by atoms with Crippen molar-refractivity contribution in [1.82, 2.24) is 15.2 Å². The number of likely N-dealkylation sites (tertiary alicyclic amines) is 1. The maximum Gasteiger partial charge on any atom is 0.253 e. The quantitative estimate of drug-likeness (QED) is 0.713. The summed E-state index contributed by atoms with van der Waals surface area (Å²) in [5.74, 6) is -2.74. The number of rotatable bonds is 4. The minimum atomic E-state index is -2.63. The van der Waals surface area contributed by atoms with E-state index < -0.39 is 5.92 Å². The van der Waals surface area contributed by atoms with Crippen LogP contribution in [0, 0.1) is 5.92 Å². The van der Waals surface area contributed by atoms with Crippen molar-refractivity contribution < 1.29 is 13.6 Å². The summed E-state index contributed by atoms with van der Waals surface area (Å²) in [7, 11) is 2.13. The Balaban J connectivity index is 1.51. The monoisotopic (exact) mass is 435 g/mol. The van der Waals surface area contributed by atoms with Crippen LogP contribution in [-0.4, -0.2) is 48.4 Å². The topological polar surface area (TPSA) is 45.2 Å². The Bertz CT molecular complexity index is 928. The van der Waals surface area contributed by atoms with Crippen LogP contribution < -0.4 is 5.32 Å². The first-order valence-corrected chi connectivity index (χ1v) is 11.1. The van der Waals surface area contributed by atoms with Crippen molar-refractivity contribution in [2.45, 2.75) is 50.4 Å². The smallest absolute Gasteiger partial charge is 0.253 e. The summed E-state index contributed by atoms with van der Waals surface area (Å²) in [6.45, 7) is 2.35. The molecule has 4 nitrogen and oxygen atoms in total. The van der Waals surface area contributed by atoms with Crippen LogP contribution in [0.15, 0.2) is 24.3 Å². The fourth-order valence-electron chi connectivity index (χ4n) is 4.73. The van der Waals surface area contributed by atoms with E-state index in [9.17, 15) is 13.6 Å². The number of carbonyl (C=O) groups is 1. The van der Waals surface area contributed by atoms with E-state index in [2.05, 4.69) is 17.3 Å². The van der Waals surface area contributed by atoms with Gasteiger partial charge in [0.2, 0.25) is 5.92 Å². The van der Waals surface area contributed by atoms with Gasteiger partial charge in [0, 0.05) is 36.4 Å². The molecule has 2 heterocycles. The summed E-state index contributed by atoms with van der Waals surface area (Å²) in [5.41, 5.74) is 2.16. The summed E-state index contributed by atoms with van der Waals surface area (Å²) < 4.78 is 27.3. The van der Waals surface area contributed by atoms with Gasteiger partial charge in [-0.15, -0.1) is 0 Å². The van der Waals surface area contributed by atoms with Gasteiger partial charge >= 0.3 is 0 Å². The number of amides is 1. The predicted molar refractivity (Wildman–Crippen MR) is 115 cm³/mol. The van der Waals surface area contributed by atoms with Crippen molar-refractivity contribution in [3.8, 4) is 0 Å². The average molecular weight is 436 g/mol. The van der Waals surface area contributed by atoms with Crippen LogP contribution >= 0.6 is 11.6 Å². The van der Waals surface area contributed by atoms with Gasteiger partial charge in [0.05, 0.1) is 16.1 Å². The minimum Gasteiger partial charge on any atom is -0.352 e. The molecule has 30 heavy (non-hydrogen) atoms. The summed E-state index contributed by atoms with van der Waals surface area (Å²) in [4.78, 5) is 20.0. The molecule has 0 spiro atoms. The highest BCUT2D eigenvalue weighted by atomic mass is 35.5. The van der Waals surface area contributed by atoms with E-state index >= 15 is 0 Å². The zero-order valence-electron chi connectivity index (χ0n) is 17.3. The van der Waals surface area contributed by atoms with E-state index in [1.165, 1.54) is 0 Å². The number of hydrogen-bond donors (Lipinski definition) is 1. The van der Waals surface area contributed by atoms with E-state index in [-0.39, 0.29) is 31.2 Å². The Kier molecular flexibility index (Phi) is 6.26. The molecule has 1 aromatic heterocycles. The third-order valence-corrected chi connectivity index (χ3v) is 6.81. The highest BCUT2D eigenvalue weighted by Gasteiger charge is 2.36. The van der Waals surface area contributed by atoms with Crippen molar-refractivity contribution in [2.24, 2.45) is 5.92 Å². The van der Waals surface area contributed by atoms with Crippen LogP contribution in [-0.2, 0) is 0 Å². The third-order valence-electron chi connectivity index (χ3n) is 6.50. The molecular weight excluding hydrogens is 408 g/mol. The van der Waals surface area contributed by atoms with Crippen LogP contribution in [0.25, 0.3) is 10.9 Å². The number of pyridine rings is 1. The molecule has 2 aliphatic rings. The van der Waals surface area contributed by atoms with Gasteiger partial charge in [0.15, 0.2) is 0 Å². The Labute approximate surface area is 181 Å². The first-order chi connectivity index (χ1) is 14.3. The molecule has 2 aromatic rings. The lowest BCUT2D eigenvalue weighted by Crippen LogP contribution is -2.35. The third kappa shape index (κ3) is 4.75. The first-order valence-electron chi connectivity index (χ1n) is 10.8. The van der Waals surface area contributed by atoms with E-state index in [1.807, 2.05) is 18.2 Å². The molecule has 1 saturated carbocycles. The molecule has 1 saturated heterocycles. The van der Waals surface area contributed by atoms with Gasteiger partial charge in [0.25, 0.3) is 5.91 Å². The van der Waals surface area contributed by atoms with Gasteiger partial charge in [-0.2, -0.15) is 0 Å². The molecule has 1 atom stereocenters. The highest BCUT2D eigenvalue weighted by molar-refractivity contribution is 6.35. The highest BCUT2D eigenvalue weighted by Crippen LogP contribution is 2.36. The fourth-order valence-corrected chi connectivity index (χ4v) is 4.98. The number of benzene rings is 1. The second kappa shape index (κ2) is 8.75. The number of aromatic nitrogens is 1. The molecule has 1 aliphatic carbocycles. The maximum absolute atomic E-state index is 13.6. The zero-order chi connectivity index (χ0) is 21.3. The zero-order valence-corrected chi connectivity index (χ0v) is 18.0. The van der Waals surface area contributed by atoms with Crippen LogP contribution in [0.4, 0.5) is 8.78 Å². The summed E-state index contributed by atoms with van der Waals surface area (Å²) in [6.07, 6.45) is 3.12. The van der Waals surface area contributed by atoms with Gasteiger partial charge in [-0.3, -0.25) is 9.78 Å². The minimum absolute atomic E-state index is 0.0577. The number of nitrogens with one attached hydrogen (secondary N) is 1. The number of nitrogens with zero attached hydrogens (tertiary/aromatic N) is 2. The SMILES string of the molecule is CN1CCC(c2ccc3c(C(=O)NCC4CCCC(F)(F)C4)c(Cl)ccc3n2)CC1. The van der Waals surface area contributed by atoms with Crippen LogP contribution in [0.5, 0.6) is 0 Å². The Morgan fingerprint density at radius 1 is 1.23 bits per heavy atom. The average Bonchev–Trinajstić information content (AvgIpc) is 2.71. The van der Waals surface area contributed by atoms with Crippen molar-refractivity contribution in [1.29, 1.82) is 0 Å². The normalized spacial score (nSPS) is 22.9. The van der Waals surface area contributed by atoms with E-state index in [4.69, 9.17) is 16.6 Å². The van der Waals surface area contributed by atoms with Gasteiger partial charge in [-0.25, -0.2) is 8.78 Å². The predicted octanol–water partition coefficient (Wildman–Crippen LogP) is 5.25. The lowest BCUT2D eigenvalue weighted by Gasteiger charge is -2.29. The lowest BCUT2D eigenvalue weighted by molar-refractivity contribution is -0.0518. The van der Waals surface area contributed by atoms with E-state index in [0.717, 1.165) is 37.1 Å². The Hall–Kier alpha value is -1.79. The van der Waals surface area contributed by atoms with Gasteiger partial charge in [-0.1, -0.05) is 17.7 Å². The Morgan fingerprint density at radius 2 is 2.00 bits per heavy atom. The largest absolute Gasteiger partial charge is 0.352 e. The summed E-state index contributed by atoms with van der Waals surface area (Å²) in [6, 6.07) is 7.45. The molecule has 7 heteroatoms. The summed E-state index contributed by atoms with van der Waals surface area (Å²) in [5, 5.41) is 3.88. The molecule has 1 unspecified atom stereocenters. The molecule has 0 bridgehead atoms. The fraction of sp³-hybridized carbons (Fsp3) is 0.565. The Morgan fingerprint density at radius 3 is 2.73 bits per heavy atom. The van der Waals surface area contributed by atoms with Crippen molar-refractivity contribution in [3.63, 3.8) is 0 Å². The molecule has 2 fully saturated rings. The molecular formula is C23H28ClF2N3O. The van der Waals surface area contributed by atoms with Crippen LogP contribution in [0.3, 0.4) is 0 Å². The van der Waals surface area contributed by atoms with Crippen molar-refractivity contribution in [2.75, 3.05) is 26.7 Å². The van der Waals surface area contributed by atoms with Gasteiger partial charge in [-0.05, 0) is 69.9 Å². The molecule has 1 aliphatic heterocycles. The lowest BCUT2D eigenvalue weighted by atomic mass is 9.86. The molecule has 4 rings (SSSR count). The second-order valence-corrected chi connectivity index (χ2v) is 9.24. The molecule has 162 valence electrons. The molecule has 1 amide bonds. The van der Waals surface area contributed by atoms with Crippen LogP contribution in [0.1, 0.15) is 60.5 Å². The number of halogens is 3. The molecule has 1 aromatic carbocycles. The van der Waals surface area contributed by atoms with Crippen LogP contribution in [0.2, 0.25) is 5.02 Å². The number of alkyl halides is 2. The summed E-state index contributed by atoms with van der Waals surface area (Å²) >= 11 is 6.36. The first kappa shape index (κ1) is 21.4. The van der Waals surface area contributed by atoms with Gasteiger partial charge in [0.1, 0.15) is 0 Å². The van der Waals surface area contributed by atoms with Crippen molar-refractivity contribution in [3.05, 3.63) is 40.5 Å².